The molecule has 1 atom stereocenters. The van der Waals surface area contributed by atoms with Crippen molar-refractivity contribution in [2.45, 2.75) is 51.9 Å². The van der Waals surface area contributed by atoms with Gasteiger partial charge < -0.3 is 0 Å². The van der Waals surface area contributed by atoms with E-state index in [2.05, 4.69) is 22.5 Å². The van der Waals surface area contributed by atoms with Gasteiger partial charge in [-0.1, -0.05) is 0 Å². The molecule has 0 heterocycles. The van der Waals surface area contributed by atoms with Crippen LogP contribution in [-0.2, 0) is 9.09 Å². The summed E-state index contributed by atoms with van der Waals surface area (Å²) in [6.07, 6.45) is 3.58. The van der Waals surface area contributed by atoms with Crippen molar-refractivity contribution >= 4 is 21.9 Å². The van der Waals surface area contributed by atoms with Crippen LogP contribution < -0.4 is 0 Å². The van der Waals surface area contributed by atoms with Crippen LogP contribution in [0.4, 0.5) is 0 Å². The standard InChI is InChI=1S/C12H27O5PSe/c1-2-3-4-5-6-7-8-12(9-13,10-14)11-17-18(15,16)19/h13-14H,2-11H2,1H3,(H2,15,16,19)/p-1. The Hall–Kier alpha value is 0.589. The Bertz CT molecular complexity index is 265. The first-order chi connectivity index (χ1) is 8.89. The molecule has 19 heavy (non-hydrogen) atoms. The third kappa shape index (κ3) is 10.0. The maximum absolute atomic E-state index is 11.1. The fourth-order valence-electron chi connectivity index (χ4n) is 1.87. The monoisotopic (exact) mass is 361 g/mol. The third-order valence-corrected chi connectivity index (χ3v) is 4.38. The summed E-state index contributed by atoms with van der Waals surface area (Å²) >= 11 is 2.05. The molecule has 0 aromatic heterocycles. The average molecular weight is 360 g/mol. The van der Waals surface area contributed by atoms with Gasteiger partial charge in [0.15, 0.2) is 0 Å². The topological polar surface area (TPSA) is 87.0 Å². The molecule has 0 amide bonds. The zero-order valence-electron chi connectivity index (χ0n) is 11.6. The van der Waals surface area contributed by atoms with Crippen LogP contribution in [0.1, 0.15) is 51.9 Å². The Labute approximate surface area is 123 Å². The molecule has 0 aliphatic heterocycles. The van der Waals surface area contributed by atoms with E-state index in [4.69, 9.17) is 9.42 Å². The van der Waals surface area contributed by atoms with E-state index < -0.39 is 11.7 Å². The van der Waals surface area contributed by atoms with Crippen molar-refractivity contribution in [2.75, 3.05) is 19.8 Å². The Kier molecular flexibility index (Phi) is 10.7. The minimum absolute atomic E-state index is 0.115. The van der Waals surface area contributed by atoms with Crippen LogP contribution in [-0.4, -0.2) is 50.5 Å². The van der Waals surface area contributed by atoms with E-state index in [1.54, 1.807) is 0 Å². The number of hydrogen-bond donors (Lipinski definition) is 3. The molecule has 0 spiro atoms. The Morgan fingerprint density at radius 3 is 2.11 bits per heavy atom. The van der Waals surface area contributed by atoms with Crippen LogP contribution >= 0.6 is 6.29 Å². The van der Waals surface area contributed by atoms with Gasteiger partial charge in [0, 0.05) is 0 Å². The Morgan fingerprint density at radius 2 is 1.63 bits per heavy atom. The summed E-state index contributed by atoms with van der Waals surface area (Å²) in [4.78, 5) is 9.06. The molecule has 116 valence electrons. The summed E-state index contributed by atoms with van der Waals surface area (Å²) in [7, 11) is 0. The molecule has 0 rings (SSSR count). The SMILES string of the molecule is CCCCCCCCC(CO)(CO)COP(=O)(O)[Se-]. The summed E-state index contributed by atoms with van der Waals surface area (Å²) in [5.74, 6) is 0. The van der Waals surface area contributed by atoms with Crippen LogP contribution in [0.3, 0.4) is 0 Å². The molecule has 0 aromatic rings. The van der Waals surface area contributed by atoms with Crippen molar-refractivity contribution in [3.05, 3.63) is 0 Å². The van der Waals surface area contributed by atoms with Crippen molar-refractivity contribution < 1.29 is 24.2 Å². The average Bonchev–Trinajstić information content (AvgIpc) is 2.37. The molecule has 0 aliphatic rings. The maximum atomic E-state index is 11.1. The van der Waals surface area contributed by atoms with Crippen LogP contribution in [0.2, 0.25) is 0 Å². The van der Waals surface area contributed by atoms with E-state index >= 15 is 0 Å². The minimum atomic E-state index is -3.69. The molecular formula is C12H26O5PSe-. The van der Waals surface area contributed by atoms with Crippen LogP contribution in [0.15, 0.2) is 0 Å². The molecule has 5 nitrogen and oxygen atoms in total. The fraction of sp³-hybridized carbons (Fsp3) is 1.00. The summed E-state index contributed by atoms with van der Waals surface area (Å²) in [5, 5.41) is 18.8. The first-order valence-corrected chi connectivity index (χ1v) is 10.6. The van der Waals surface area contributed by atoms with E-state index in [1.165, 1.54) is 19.3 Å². The third-order valence-electron chi connectivity index (χ3n) is 3.27. The van der Waals surface area contributed by atoms with Gasteiger partial charge in [-0.2, -0.15) is 0 Å². The second kappa shape index (κ2) is 10.3. The first-order valence-electron chi connectivity index (χ1n) is 6.79. The van der Waals surface area contributed by atoms with Crippen molar-refractivity contribution in [1.29, 1.82) is 0 Å². The predicted octanol–water partition coefficient (Wildman–Crippen LogP) is 1.99. The van der Waals surface area contributed by atoms with Gasteiger partial charge in [0.2, 0.25) is 0 Å². The van der Waals surface area contributed by atoms with Gasteiger partial charge in [-0.05, 0) is 0 Å². The van der Waals surface area contributed by atoms with Crippen LogP contribution in [0, 0.1) is 5.41 Å². The molecule has 0 bridgehead atoms. The van der Waals surface area contributed by atoms with Gasteiger partial charge >= 0.3 is 123 Å². The number of aliphatic hydroxyl groups excluding tert-OH is 2. The number of aliphatic hydroxyl groups is 2. The Morgan fingerprint density at radius 1 is 1.11 bits per heavy atom. The van der Waals surface area contributed by atoms with Gasteiger partial charge in [0.1, 0.15) is 0 Å². The molecule has 0 radical (unpaired) electrons. The van der Waals surface area contributed by atoms with Gasteiger partial charge in [-0.3, -0.25) is 0 Å². The summed E-state index contributed by atoms with van der Waals surface area (Å²) in [6, 6.07) is 0. The second-order valence-corrected chi connectivity index (χ2v) is 9.18. The predicted molar refractivity (Wildman–Crippen MR) is 76.1 cm³/mol. The van der Waals surface area contributed by atoms with Crippen molar-refractivity contribution in [3.63, 3.8) is 0 Å². The van der Waals surface area contributed by atoms with Gasteiger partial charge in [-0.15, -0.1) is 0 Å². The van der Waals surface area contributed by atoms with Crippen LogP contribution in [0.5, 0.6) is 0 Å². The van der Waals surface area contributed by atoms with E-state index in [1.807, 2.05) is 0 Å². The van der Waals surface area contributed by atoms with Gasteiger partial charge in [-0.25, -0.2) is 0 Å². The Balaban J connectivity index is 4.05. The van der Waals surface area contributed by atoms with Crippen molar-refractivity contribution in [1.82, 2.24) is 0 Å². The quantitative estimate of drug-likeness (QED) is 0.282. The van der Waals surface area contributed by atoms with E-state index in [0.29, 0.717) is 6.42 Å². The molecule has 7 heteroatoms. The summed E-state index contributed by atoms with van der Waals surface area (Å²) < 4.78 is 15.9. The molecule has 1 unspecified atom stereocenters. The van der Waals surface area contributed by atoms with Crippen molar-refractivity contribution in [2.24, 2.45) is 5.41 Å². The van der Waals surface area contributed by atoms with Crippen molar-refractivity contribution in [3.8, 4) is 0 Å². The number of rotatable bonds is 12. The molecule has 0 saturated carbocycles. The van der Waals surface area contributed by atoms with Gasteiger partial charge in [0.25, 0.3) is 0 Å². The molecule has 0 aliphatic carbocycles. The first kappa shape index (κ1) is 19.6. The van der Waals surface area contributed by atoms with E-state index in [0.717, 1.165) is 19.3 Å². The molecule has 3 N–H and O–H groups in total. The second-order valence-electron chi connectivity index (χ2n) is 5.08. The zero-order chi connectivity index (χ0) is 14.8. The van der Waals surface area contributed by atoms with E-state index in [9.17, 15) is 14.8 Å². The van der Waals surface area contributed by atoms with Gasteiger partial charge in [0.05, 0.1) is 0 Å². The molecule has 0 saturated heterocycles. The zero-order valence-corrected chi connectivity index (χ0v) is 14.2. The fourth-order valence-corrected chi connectivity index (χ4v) is 2.64. The number of unbranched alkanes of at least 4 members (excludes halogenated alkanes) is 5. The van der Waals surface area contributed by atoms with E-state index in [-0.39, 0.29) is 19.8 Å². The number of hydrogen-bond acceptors (Lipinski definition) is 4. The molecule has 0 aromatic carbocycles. The van der Waals surface area contributed by atoms with Crippen LogP contribution in [0.25, 0.3) is 0 Å². The molecule has 0 fully saturated rings. The summed E-state index contributed by atoms with van der Waals surface area (Å²) in [5.41, 5.74) is -0.826. The summed E-state index contributed by atoms with van der Waals surface area (Å²) in [6.45, 7) is 1.54. The molecular weight excluding hydrogens is 334 g/mol. The normalized spacial score (nSPS) is 15.4.